The van der Waals surface area contributed by atoms with Crippen molar-refractivity contribution in [3.05, 3.63) is 105 Å². The molecule has 186 valence electrons. The third kappa shape index (κ3) is 3.79. The molecule has 2 bridgehead atoms. The van der Waals surface area contributed by atoms with Crippen molar-refractivity contribution in [3.8, 4) is 0 Å². The second-order valence-electron chi connectivity index (χ2n) is 11.1. The number of hydrogen-bond donors (Lipinski definition) is 1. The van der Waals surface area contributed by atoms with Gasteiger partial charge in [-0.15, -0.1) is 0 Å². The molecule has 0 aliphatic heterocycles. The second-order valence-corrected chi connectivity index (χ2v) is 11.1. The van der Waals surface area contributed by atoms with Crippen LogP contribution in [0.25, 0.3) is 0 Å². The van der Waals surface area contributed by atoms with Gasteiger partial charge in [0.2, 0.25) is 0 Å². The van der Waals surface area contributed by atoms with Crippen LogP contribution in [0.1, 0.15) is 67.9 Å². The number of benzene rings is 3. The smallest absolute Gasteiger partial charge is 0.338 e. The predicted molar refractivity (Wildman–Crippen MR) is 139 cm³/mol. The summed E-state index contributed by atoms with van der Waals surface area (Å²) >= 11 is 0. The molecule has 6 rings (SSSR count). The minimum atomic E-state index is -1.06. The van der Waals surface area contributed by atoms with Crippen molar-refractivity contribution >= 4 is 5.97 Å². The summed E-state index contributed by atoms with van der Waals surface area (Å²) in [5.74, 6) is 0.957. The maximum atomic E-state index is 13.3. The Kier molecular flexibility index (Phi) is 5.77. The van der Waals surface area contributed by atoms with E-state index in [0.29, 0.717) is 17.4 Å². The van der Waals surface area contributed by atoms with E-state index in [4.69, 9.17) is 9.47 Å². The number of carbonyl (C=O) groups excluding carboxylic acids is 1. The zero-order chi connectivity index (χ0) is 25.1. The van der Waals surface area contributed by atoms with Crippen molar-refractivity contribution < 1.29 is 19.4 Å². The van der Waals surface area contributed by atoms with E-state index in [2.05, 4.69) is 31.2 Å². The van der Waals surface area contributed by atoms with E-state index >= 15 is 0 Å². The number of rotatable bonds is 5. The van der Waals surface area contributed by atoms with Crippen molar-refractivity contribution in [2.75, 3.05) is 0 Å². The maximum absolute atomic E-state index is 13.3. The Hall–Kier alpha value is -2.95. The highest BCUT2D eigenvalue weighted by Crippen LogP contribution is 2.63. The Morgan fingerprint density at radius 2 is 1.56 bits per heavy atom. The Morgan fingerprint density at radius 3 is 2.31 bits per heavy atom. The number of fused-ring (bicyclic) bond motifs is 7. The molecule has 2 fully saturated rings. The second kappa shape index (κ2) is 8.86. The zero-order valence-corrected chi connectivity index (χ0v) is 21.4. The van der Waals surface area contributed by atoms with Crippen molar-refractivity contribution in [3.63, 3.8) is 0 Å². The van der Waals surface area contributed by atoms with Gasteiger partial charge in [-0.05, 0) is 104 Å². The van der Waals surface area contributed by atoms with Gasteiger partial charge in [0.1, 0.15) is 12.2 Å². The summed E-state index contributed by atoms with van der Waals surface area (Å²) in [4.78, 5) is 13.3. The van der Waals surface area contributed by atoms with E-state index < -0.39 is 12.4 Å². The predicted octanol–water partition coefficient (Wildman–Crippen LogP) is 6.13. The van der Waals surface area contributed by atoms with Crippen LogP contribution in [0.15, 0.2) is 60.7 Å². The topological polar surface area (TPSA) is 55.8 Å². The minimum absolute atomic E-state index is 0.191. The Bertz CT molecular complexity index is 1330. The summed E-state index contributed by atoms with van der Waals surface area (Å²) in [7, 11) is 0. The summed E-state index contributed by atoms with van der Waals surface area (Å²) in [6.07, 6.45) is 0.201. The summed E-state index contributed by atoms with van der Waals surface area (Å²) in [6.45, 7) is 8.14. The van der Waals surface area contributed by atoms with Gasteiger partial charge in [0.15, 0.2) is 6.29 Å². The Labute approximate surface area is 213 Å². The lowest BCUT2D eigenvalue weighted by Crippen LogP contribution is -2.44. The standard InChI is InChI=1S/C32H34O4/c1-17-9-11-22(13-19(17)3)31(33)35-29-26-16-27(28-24-8-6-5-7-21(24)15-25(26)28)30(29)36-32(34)23-12-10-18(2)20(4)14-23/h5-14,25-31,33H,15-16H2,1-4H3/t25?,26?,27?,28?,29-,30+,31?/m1/s1. The van der Waals surface area contributed by atoms with Gasteiger partial charge < -0.3 is 14.6 Å². The SMILES string of the molecule is Cc1ccc(C(=O)O[C@H]2C3CC(C4Cc5ccccc5C43)[C@H]2OC(O)c2ccc(C)c(C)c2)cc1C. The lowest BCUT2D eigenvalue weighted by molar-refractivity contribution is -0.189. The normalized spacial score (nSPS) is 28.6. The third-order valence-electron chi connectivity index (χ3n) is 9.14. The number of aliphatic hydroxyl groups excluding tert-OH is 1. The first-order chi connectivity index (χ1) is 17.3. The van der Waals surface area contributed by atoms with E-state index in [1.807, 2.05) is 57.2 Å². The molecule has 5 unspecified atom stereocenters. The summed E-state index contributed by atoms with van der Waals surface area (Å²) in [5.41, 5.74) is 8.62. The van der Waals surface area contributed by atoms with Gasteiger partial charge in [-0.2, -0.15) is 0 Å². The van der Waals surface area contributed by atoms with Crippen LogP contribution in [0, 0.1) is 45.4 Å². The zero-order valence-electron chi connectivity index (χ0n) is 21.4. The van der Waals surface area contributed by atoms with E-state index in [9.17, 15) is 9.90 Å². The molecule has 1 N–H and O–H groups in total. The molecule has 0 radical (unpaired) electrons. The number of hydrogen-bond acceptors (Lipinski definition) is 4. The van der Waals surface area contributed by atoms with Gasteiger partial charge in [-0.1, -0.05) is 48.5 Å². The van der Waals surface area contributed by atoms with Crippen LogP contribution < -0.4 is 0 Å². The van der Waals surface area contributed by atoms with Crippen LogP contribution in [0.3, 0.4) is 0 Å². The Balaban J connectivity index is 1.31. The molecule has 0 heterocycles. The number of aliphatic hydroxyl groups is 1. The Morgan fingerprint density at radius 1 is 0.833 bits per heavy atom. The van der Waals surface area contributed by atoms with Gasteiger partial charge in [0.05, 0.1) is 5.56 Å². The minimum Gasteiger partial charge on any atom is -0.456 e. The van der Waals surface area contributed by atoms with Crippen molar-refractivity contribution in [2.24, 2.45) is 17.8 Å². The average molecular weight is 483 g/mol. The van der Waals surface area contributed by atoms with Gasteiger partial charge in [-0.3, -0.25) is 0 Å². The first kappa shape index (κ1) is 23.4. The lowest BCUT2D eigenvalue weighted by Gasteiger charge is -2.38. The highest BCUT2D eigenvalue weighted by Gasteiger charge is 2.62. The van der Waals surface area contributed by atoms with Crippen LogP contribution in [0.2, 0.25) is 0 Å². The lowest BCUT2D eigenvalue weighted by atomic mass is 9.76. The first-order valence-electron chi connectivity index (χ1n) is 13.1. The fourth-order valence-corrected chi connectivity index (χ4v) is 7.00. The molecule has 3 aromatic carbocycles. The van der Waals surface area contributed by atoms with Crippen molar-refractivity contribution in [1.82, 2.24) is 0 Å². The maximum Gasteiger partial charge on any atom is 0.338 e. The first-order valence-corrected chi connectivity index (χ1v) is 13.1. The van der Waals surface area contributed by atoms with E-state index in [0.717, 1.165) is 35.1 Å². The molecule has 4 heteroatoms. The quantitative estimate of drug-likeness (QED) is 0.351. The molecular formula is C32H34O4. The van der Waals surface area contributed by atoms with E-state index in [1.54, 1.807) is 0 Å². The van der Waals surface area contributed by atoms with Crippen LogP contribution in [-0.4, -0.2) is 23.3 Å². The average Bonchev–Trinajstić information content (AvgIpc) is 3.52. The van der Waals surface area contributed by atoms with Gasteiger partial charge in [0, 0.05) is 11.5 Å². The van der Waals surface area contributed by atoms with Crippen LogP contribution in [0.5, 0.6) is 0 Å². The van der Waals surface area contributed by atoms with E-state index in [-0.39, 0.29) is 23.9 Å². The van der Waals surface area contributed by atoms with E-state index in [1.165, 1.54) is 16.7 Å². The molecule has 3 aromatic rings. The summed E-state index contributed by atoms with van der Waals surface area (Å²) in [6, 6.07) is 20.3. The molecule has 4 nitrogen and oxygen atoms in total. The highest BCUT2D eigenvalue weighted by molar-refractivity contribution is 5.90. The van der Waals surface area contributed by atoms with Gasteiger partial charge >= 0.3 is 5.97 Å². The molecular weight excluding hydrogens is 448 g/mol. The van der Waals surface area contributed by atoms with Gasteiger partial charge in [-0.25, -0.2) is 4.79 Å². The van der Waals surface area contributed by atoms with Crippen LogP contribution in [-0.2, 0) is 15.9 Å². The fraction of sp³-hybridized carbons (Fsp3) is 0.406. The van der Waals surface area contributed by atoms with Gasteiger partial charge in [0.25, 0.3) is 0 Å². The molecule has 0 saturated heterocycles. The summed E-state index contributed by atoms with van der Waals surface area (Å²) in [5, 5.41) is 11.1. The number of esters is 1. The summed E-state index contributed by atoms with van der Waals surface area (Å²) < 4.78 is 12.7. The molecule has 2 saturated carbocycles. The number of carbonyl (C=O) groups is 1. The molecule has 36 heavy (non-hydrogen) atoms. The number of ether oxygens (including phenoxy) is 2. The van der Waals surface area contributed by atoms with Crippen LogP contribution in [0.4, 0.5) is 0 Å². The fourth-order valence-electron chi connectivity index (χ4n) is 7.00. The van der Waals surface area contributed by atoms with Crippen molar-refractivity contribution in [1.29, 1.82) is 0 Å². The monoisotopic (exact) mass is 482 g/mol. The molecule has 3 aliphatic rings. The molecule has 0 amide bonds. The van der Waals surface area contributed by atoms with Crippen LogP contribution >= 0.6 is 0 Å². The molecule has 3 aliphatic carbocycles. The molecule has 7 atom stereocenters. The third-order valence-corrected chi connectivity index (χ3v) is 9.14. The number of aryl methyl sites for hydroxylation is 4. The molecule has 0 spiro atoms. The largest absolute Gasteiger partial charge is 0.456 e. The van der Waals surface area contributed by atoms with Crippen molar-refractivity contribution in [2.45, 2.75) is 65.0 Å². The highest BCUT2D eigenvalue weighted by atomic mass is 16.6. The molecule has 0 aromatic heterocycles.